The number of hydrogen-bond donors (Lipinski definition) is 3. The molecular formula is C18H23N3O. The molecule has 4 nitrogen and oxygen atoms in total. The second-order valence-corrected chi connectivity index (χ2v) is 5.12. The third-order valence-corrected chi connectivity index (χ3v) is 3.45. The number of methoxy groups -OCH3 is 1. The summed E-state index contributed by atoms with van der Waals surface area (Å²) in [6.07, 6.45) is 0. The second kappa shape index (κ2) is 7.50. The van der Waals surface area contributed by atoms with Crippen molar-refractivity contribution in [3.8, 4) is 5.75 Å². The molecule has 116 valence electrons. The van der Waals surface area contributed by atoms with Crippen LogP contribution in [-0.4, -0.2) is 19.4 Å². The molecular weight excluding hydrogens is 274 g/mol. The van der Waals surface area contributed by atoms with Crippen molar-refractivity contribution in [2.45, 2.75) is 20.4 Å². The van der Waals surface area contributed by atoms with Crippen molar-refractivity contribution in [2.24, 2.45) is 0 Å². The first kappa shape index (κ1) is 15.9. The molecule has 0 aliphatic carbocycles. The van der Waals surface area contributed by atoms with Gasteiger partial charge in [-0.2, -0.15) is 0 Å². The van der Waals surface area contributed by atoms with Gasteiger partial charge >= 0.3 is 0 Å². The van der Waals surface area contributed by atoms with Crippen molar-refractivity contribution in [3.63, 3.8) is 0 Å². The summed E-state index contributed by atoms with van der Waals surface area (Å²) in [5.74, 6) is 0.856. The molecule has 0 bridgehead atoms. The van der Waals surface area contributed by atoms with Gasteiger partial charge in [-0.25, -0.2) is 0 Å². The number of hydrogen-bond acceptors (Lipinski definition) is 4. The SMILES string of the molecule is CCNc1ccc(NCc2ccc(OC)cc2)c(C(C)=N)c1. The fourth-order valence-electron chi connectivity index (χ4n) is 2.26. The Hall–Kier alpha value is -2.49. The number of ether oxygens (including phenoxy) is 1. The summed E-state index contributed by atoms with van der Waals surface area (Å²) in [6.45, 7) is 5.45. The van der Waals surface area contributed by atoms with E-state index < -0.39 is 0 Å². The van der Waals surface area contributed by atoms with E-state index in [2.05, 4.69) is 17.6 Å². The summed E-state index contributed by atoms with van der Waals surface area (Å²) in [7, 11) is 1.66. The fraction of sp³-hybridized carbons (Fsp3) is 0.278. The zero-order chi connectivity index (χ0) is 15.9. The summed E-state index contributed by atoms with van der Waals surface area (Å²) < 4.78 is 5.16. The second-order valence-electron chi connectivity index (χ2n) is 5.12. The van der Waals surface area contributed by atoms with Crippen LogP contribution in [0, 0.1) is 5.41 Å². The van der Waals surface area contributed by atoms with Gasteiger partial charge in [-0.05, 0) is 49.7 Å². The number of anilines is 2. The lowest BCUT2D eigenvalue weighted by Gasteiger charge is -2.14. The van der Waals surface area contributed by atoms with Gasteiger partial charge in [-0.1, -0.05) is 12.1 Å². The third kappa shape index (κ3) is 4.01. The number of benzene rings is 2. The Kier molecular flexibility index (Phi) is 5.42. The Labute approximate surface area is 132 Å². The molecule has 0 unspecified atom stereocenters. The van der Waals surface area contributed by atoms with Crippen LogP contribution in [0.15, 0.2) is 42.5 Å². The van der Waals surface area contributed by atoms with Crippen LogP contribution in [0.1, 0.15) is 25.0 Å². The zero-order valence-corrected chi connectivity index (χ0v) is 13.4. The summed E-state index contributed by atoms with van der Waals surface area (Å²) in [4.78, 5) is 0. The maximum atomic E-state index is 7.96. The smallest absolute Gasteiger partial charge is 0.118 e. The standard InChI is InChI=1S/C18H23N3O/c1-4-20-15-7-10-18(17(11-15)13(2)19)21-12-14-5-8-16(22-3)9-6-14/h5-11,19-21H,4,12H2,1-3H3. The average molecular weight is 297 g/mol. The maximum absolute atomic E-state index is 7.96. The van der Waals surface area contributed by atoms with Crippen LogP contribution in [0.4, 0.5) is 11.4 Å². The average Bonchev–Trinajstić information content (AvgIpc) is 2.54. The van der Waals surface area contributed by atoms with E-state index in [0.717, 1.165) is 29.2 Å². The maximum Gasteiger partial charge on any atom is 0.118 e. The quantitative estimate of drug-likeness (QED) is 0.674. The molecule has 0 radical (unpaired) electrons. The third-order valence-electron chi connectivity index (χ3n) is 3.45. The molecule has 22 heavy (non-hydrogen) atoms. The molecule has 0 aromatic heterocycles. The monoisotopic (exact) mass is 297 g/mol. The Morgan fingerprint density at radius 2 is 1.82 bits per heavy atom. The largest absolute Gasteiger partial charge is 0.497 e. The minimum absolute atomic E-state index is 0.553. The van der Waals surface area contributed by atoms with Crippen LogP contribution in [0.3, 0.4) is 0 Å². The molecule has 0 heterocycles. The van der Waals surface area contributed by atoms with Gasteiger partial charge < -0.3 is 20.8 Å². The van der Waals surface area contributed by atoms with E-state index in [1.165, 1.54) is 5.56 Å². The zero-order valence-electron chi connectivity index (χ0n) is 13.4. The molecule has 0 aliphatic rings. The van der Waals surface area contributed by atoms with Gasteiger partial charge in [0.2, 0.25) is 0 Å². The number of rotatable bonds is 7. The molecule has 3 N–H and O–H groups in total. The van der Waals surface area contributed by atoms with Gasteiger partial charge in [-0.3, -0.25) is 0 Å². The van der Waals surface area contributed by atoms with Crippen LogP contribution < -0.4 is 15.4 Å². The molecule has 2 aromatic rings. The lowest BCUT2D eigenvalue weighted by atomic mass is 10.1. The Balaban J connectivity index is 2.12. The molecule has 0 spiro atoms. The van der Waals surface area contributed by atoms with Crippen molar-refractivity contribution in [1.82, 2.24) is 0 Å². The normalized spacial score (nSPS) is 10.1. The van der Waals surface area contributed by atoms with E-state index >= 15 is 0 Å². The van der Waals surface area contributed by atoms with Crippen molar-refractivity contribution >= 4 is 17.1 Å². The van der Waals surface area contributed by atoms with Crippen LogP contribution >= 0.6 is 0 Å². The molecule has 0 aliphatic heterocycles. The first-order valence-electron chi connectivity index (χ1n) is 7.44. The lowest BCUT2D eigenvalue weighted by molar-refractivity contribution is 0.414. The highest BCUT2D eigenvalue weighted by molar-refractivity contribution is 6.02. The highest BCUT2D eigenvalue weighted by Gasteiger charge is 2.06. The van der Waals surface area contributed by atoms with Crippen LogP contribution in [0.2, 0.25) is 0 Å². The van der Waals surface area contributed by atoms with Gasteiger partial charge in [0.15, 0.2) is 0 Å². The molecule has 4 heteroatoms. The van der Waals surface area contributed by atoms with Crippen LogP contribution in [0.5, 0.6) is 5.75 Å². The van der Waals surface area contributed by atoms with E-state index in [-0.39, 0.29) is 0 Å². The fourth-order valence-corrected chi connectivity index (χ4v) is 2.26. The van der Waals surface area contributed by atoms with Gasteiger partial charge in [0.05, 0.1) is 7.11 Å². The molecule has 0 fully saturated rings. The number of nitrogens with one attached hydrogen (secondary N) is 3. The van der Waals surface area contributed by atoms with Crippen molar-refractivity contribution in [1.29, 1.82) is 5.41 Å². The van der Waals surface area contributed by atoms with Gasteiger partial charge in [0.25, 0.3) is 0 Å². The van der Waals surface area contributed by atoms with E-state index in [9.17, 15) is 0 Å². The molecule has 0 atom stereocenters. The van der Waals surface area contributed by atoms with E-state index in [4.69, 9.17) is 10.1 Å². The minimum Gasteiger partial charge on any atom is -0.497 e. The van der Waals surface area contributed by atoms with E-state index in [1.54, 1.807) is 7.11 Å². The molecule has 2 rings (SSSR count). The Bertz CT molecular complexity index is 635. The van der Waals surface area contributed by atoms with Crippen LogP contribution in [0.25, 0.3) is 0 Å². The molecule has 2 aromatic carbocycles. The first-order valence-corrected chi connectivity index (χ1v) is 7.44. The summed E-state index contributed by atoms with van der Waals surface area (Å²) >= 11 is 0. The van der Waals surface area contributed by atoms with Gasteiger partial charge in [0.1, 0.15) is 5.75 Å². The van der Waals surface area contributed by atoms with Crippen molar-refractivity contribution < 1.29 is 4.74 Å². The Morgan fingerprint density at radius 3 is 2.41 bits per heavy atom. The summed E-state index contributed by atoms with van der Waals surface area (Å²) in [5, 5.41) is 14.6. The molecule has 0 amide bonds. The summed E-state index contributed by atoms with van der Waals surface area (Å²) in [5.41, 5.74) is 4.66. The predicted molar refractivity (Wildman–Crippen MR) is 93.4 cm³/mol. The Morgan fingerprint density at radius 1 is 1.09 bits per heavy atom. The molecule has 0 saturated heterocycles. The topological polar surface area (TPSA) is 57.1 Å². The predicted octanol–water partition coefficient (Wildman–Crippen LogP) is 4.13. The lowest BCUT2D eigenvalue weighted by Crippen LogP contribution is -2.06. The van der Waals surface area contributed by atoms with Gasteiger partial charge in [0, 0.05) is 35.7 Å². The highest BCUT2D eigenvalue weighted by atomic mass is 16.5. The van der Waals surface area contributed by atoms with E-state index in [0.29, 0.717) is 12.3 Å². The van der Waals surface area contributed by atoms with Gasteiger partial charge in [-0.15, -0.1) is 0 Å². The van der Waals surface area contributed by atoms with E-state index in [1.807, 2.05) is 49.4 Å². The summed E-state index contributed by atoms with van der Waals surface area (Å²) in [6, 6.07) is 14.1. The van der Waals surface area contributed by atoms with Crippen LogP contribution in [-0.2, 0) is 6.54 Å². The molecule has 0 saturated carbocycles. The minimum atomic E-state index is 0.553. The highest BCUT2D eigenvalue weighted by Crippen LogP contribution is 2.22. The first-order chi connectivity index (χ1) is 10.6. The van der Waals surface area contributed by atoms with Crippen molar-refractivity contribution in [3.05, 3.63) is 53.6 Å². The van der Waals surface area contributed by atoms with Crippen molar-refractivity contribution in [2.75, 3.05) is 24.3 Å².